The van der Waals surface area contributed by atoms with E-state index in [0.717, 1.165) is 24.4 Å². The highest BCUT2D eigenvalue weighted by Gasteiger charge is 2.30. The van der Waals surface area contributed by atoms with Crippen molar-refractivity contribution in [1.82, 2.24) is 19.7 Å². The number of thioether (sulfide) groups is 1. The number of carbonyl (C=O) groups excluding carboxylic acids is 1. The summed E-state index contributed by atoms with van der Waals surface area (Å²) < 4.78 is 1.90. The van der Waals surface area contributed by atoms with E-state index in [-0.39, 0.29) is 11.7 Å². The Morgan fingerprint density at radius 1 is 1.20 bits per heavy atom. The minimum Gasteiger partial charge on any atom is -0.324 e. The summed E-state index contributed by atoms with van der Waals surface area (Å²) in [7, 11) is 0. The SMILES string of the molecule is O=C(CSc1nc(C2CC2)n(-c2ccccc2)n1)Nc1cccnc1. The summed E-state index contributed by atoms with van der Waals surface area (Å²) in [5.41, 5.74) is 1.69. The third-order valence-electron chi connectivity index (χ3n) is 3.83. The predicted octanol–water partition coefficient (Wildman–Crippen LogP) is 3.27. The highest BCUT2D eigenvalue weighted by Crippen LogP contribution is 2.40. The summed E-state index contributed by atoms with van der Waals surface area (Å²) in [6.07, 6.45) is 5.59. The van der Waals surface area contributed by atoms with Gasteiger partial charge in [0.25, 0.3) is 0 Å². The van der Waals surface area contributed by atoms with Gasteiger partial charge in [-0.05, 0) is 37.1 Å². The molecule has 0 bridgehead atoms. The van der Waals surface area contributed by atoms with E-state index in [4.69, 9.17) is 0 Å². The Hall–Kier alpha value is -2.67. The van der Waals surface area contributed by atoms with Crippen molar-refractivity contribution in [2.75, 3.05) is 11.1 Å². The molecule has 0 spiro atoms. The molecule has 2 aromatic heterocycles. The van der Waals surface area contributed by atoms with Gasteiger partial charge in [-0.3, -0.25) is 9.78 Å². The summed E-state index contributed by atoms with van der Waals surface area (Å²) in [6, 6.07) is 13.6. The van der Waals surface area contributed by atoms with Crippen molar-refractivity contribution in [2.45, 2.75) is 23.9 Å². The van der Waals surface area contributed by atoms with E-state index >= 15 is 0 Å². The number of pyridine rings is 1. The van der Waals surface area contributed by atoms with Crippen molar-refractivity contribution in [3.8, 4) is 5.69 Å². The van der Waals surface area contributed by atoms with Gasteiger partial charge in [-0.2, -0.15) is 0 Å². The van der Waals surface area contributed by atoms with Crippen LogP contribution in [0, 0.1) is 0 Å². The van der Waals surface area contributed by atoms with Crippen LogP contribution in [0.1, 0.15) is 24.6 Å². The smallest absolute Gasteiger partial charge is 0.234 e. The third-order valence-corrected chi connectivity index (χ3v) is 4.67. The van der Waals surface area contributed by atoms with Gasteiger partial charge < -0.3 is 5.32 Å². The maximum atomic E-state index is 12.1. The van der Waals surface area contributed by atoms with Crippen LogP contribution in [0.3, 0.4) is 0 Å². The molecule has 25 heavy (non-hydrogen) atoms. The third kappa shape index (κ3) is 3.88. The van der Waals surface area contributed by atoms with Gasteiger partial charge in [0.1, 0.15) is 5.82 Å². The minimum atomic E-state index is -0.0953. The number of nitrogens with one attached hydrogen (secondary N) is 1. The zero-order valence-corrected chi connectivity index (χ0v) is 14.3. The maximum absolute atomic E-state index is 12.1. The summed E-state index contributed by atoms with van der Waals surface area (Å²) >= 11 is 1.35. The van der Waals surface area contributed by atoms with E-state index in [1.165, 1.54) is 11.8 Å². The summed E-state index contributed by atoms with van der Waals surface area (Å²) in [5, 5.41) is 8.04. The lowest BCUT2D eigenvalue weighted by atomic mass is 10.3. The van der Waals surface area contributed by atoms with Crippen LogP contribution in [0.2, 0.25) is 0 Å². The normalized spacial score (nSPS) is 13.6. The first-order chi connectivity index (χ1) is 12.3. The highest BCUT2D eigenvalue weighted by molar-refractivity contribution is 7.99. The van der Waals surface area contributed by atoms with Gasteiger partial charge in [-0.1, -0.05) is 30.0 Å². The average molecular weight is 351 g/mol. The molecule has 126 valence electrons. The Labute approximate surface area is 149 Å². The number of amides is 1. The Balaban J connectivity index is 1.45. The van der Waals surface area contributed by atoms with Crippen LogP contribution in [-0.2, 0) is 4.79 Å². The first kappa shape index (κ1) is 15.8. The second-order valence-electron chi connectivity index (χ2n) is 5.85. The van der Waals surface area contributed by atoms with Gasteiger partial charge >= 0.3 is 0 Å². The van der Waals surface area contributed by atoms with E-state index in [2.05, 4.69) is 20.4 Å². The number of hydrogen-bond donors (Lipinski definition) is 1. The molecule has 6 nitrogen and oxygen atoms in total. The summed E-state index contributed by atoms with van der Waals surface area (Å²) in [6.45, 7) is 0. The minimum absolute atomic E-state index is 0.0953. The Bertz CT molecular complexity index is 862. The van der Waals surface area contributed by atoms with Gasteiger partial charge in [0, 0.05) is 12.1 Å². The molecule has 3 aromatic rings. The van der Waals surface area contributed by atoms with Crippen LogP contribution in [0.15, 0.2) is 60.0 Å². The van der Waals surface area contributed by atoms with Crippen molar-refractivity contribution >= 4 is 23.4 Å². The molecule has 1 amide bonds. The first-order valence-corrected chi connectivity index (χ1v) is 9.13. The molecule has 1 fully saturated rings. The quantitative estimate of drug-likeness (QED) is 0.690. The van der Waals surface area contributed by atoms with Gasteiger partial charge in [0.2, 0.25) is 11.1 Å². The monoisotopic (exact) mass is 351 g/mol. The predicted molar refractivity (Wildman–Crippen MR) is 96.9 cm³/mol. The number of anilines is 1. The molecular formula is C18H17N5OS. The number of benzene rings is 1. The van der Waals surface area contributed by atoms with Crippen LogP contribution < -0.4 is 5.32 Å². The fraction of sp³-hybridized carbons (Fsp3) is 0.222. The van der Waals surface area contributed by atoms with Gasteiger partial charge in [-0.15, -0.1) is 5.10 Å². The largest absolute Gasteiger partial charge is 0.324 e. The van der Waals surface area contributed by atoms with E-state index < -0.39 is 0 Å². The van der Waals surface area contributed by atoms with Gasteiger partial charge in [0.05, 0.1) is 23.3 Å². The molecule has 7 heteroatoms. The molecule has 0 atom stereocenters. The van der Waals surface area contributed by atoms with Crippen molar-refractivity contribution in [2.24, 2.45) is 0 Å². The van der Waals surface area contributed by atoms with Gasteiger partial charge in [-0.25, -0.2) is 9.67 Å². The van der Waals surface area contributed by atoms with Crippen molar-refractivity contribution in [3.63, 3.8) is 0 Å². The fourth-order valence-electron chi connectivity index (χ4n) is 2.49. The topological polar surface area (TPSA) is 72.7 Å². The Morgan fingerprint density at radius 3 is 2.76 bits per heavy atom. The van der Waals surface area contributed by atoms with E-state index in [0.29, 0.717) is 16.8 Å². The number of carbonyl (C=O) groups is 1. The summed E-state index contributed by atoms with van der Waals surface area (Å²) in [5.74, 6) is 1.63. The molecule has 1 N–H and O–H groups in total. The Kier molecular flexibility index (Phi) is 4.47. The highest BCUT2D eigenvalue weighted by atomic mass is 32.2. The molecule has 1 saturated carbocycles. The molecule has 1 aliphatic rings. The number of para-hydroxylation sites is 1. The molecule has 0 aliphatic heterocycles. The van der Waals surface area contributed by atoms with E-state index in [1.807, 2.05) is 41.1 Å². The first-order valence-electron chi connectivity index (χ1n) is 8.14. The molecule has 0 radical (unpaired) electrons. The summed E-state index contributed by atoms with van der Waals surface area (Å²) in [4.78, 5) is 20.7. The van der Waals surface area contributed by atoms with Crippen LogP contribution >= 0.6 is 11.8 Å². The number of rotatable bonds is 6. The second kappa shape index (κ2) is 7.06. The van der Waals surface area contributed by atoms with Crippen molar-refractivity contribution in [3.05, 3.63) is 60.7 Å². The fourth-order valence-corrected chi connectivity index (χ4v) is 3.12. The number of hydrogen-bond acceptors (Lipinski definition) is 5. The zero-order chi connectivity index (χ0) is 17.1. The van der Waals surface area contributed by atoms with E-state index in [1.54, 1.807) is 18.5 Å². The molecule has 0 saturated heterocycles. The second-order valence-corrected chi connectivity index (χ2v) is 6.80. The lowest BCUT2D eigenvalue weighted by molar-refractivity contribution is -0.113. The lowest BCUT2D eigenvalue weighted by Gasteiger charge is -2.03. The maximum Gasteiger partial charge on any atom is 0.234 e. The number of aromatic nitrogens is 4. The van der Waals surface area contributed by atoms with Crippen molar-refractivity contribution in [1.29, 1.82) is 0 Å². The molecular weight excluding hydrogens is 334 g/mol. The molecule has 2 heterocycles. The molecule has 4 rings (SSSR count). The molecule has 1 aromatic carbocycles. The van der Waals surface area contributed by atoms with Crippen LogP contribution in [-0.4, -0.2) is 31.4 Å². The Morgan fingerprint density at radius 2 is 2.04 bits per heavy atom. The standard InChI is InChI=1S/C18H17N5OS/c24-16(20-14-5-4-10-19-11-14)12-25-18-21-17(13-8-9-13)23(22-18)15-6-2-1-3-7-15/h1-7,10-11,13H,8-9,12H2,(H,20,24). The van der Waals surface area contributed by atoms with Crippen LogP contribution in [0.4, 0.5) is 5.69 Å². The van der Waals surface area contributed by atoms with Gasteiger partial charge in [0.15, 0.2) is 0 Å². The molecule has 1 aliphatic carbocycles. The van der Waals surface area contributed by atoms with E-state index in [9.17, 15) is 4.79 Å². The van der Waals surface area contributed by atoms with Crippen LogP contribution in [0.25, 0.3) is 5.69 Å². The van der Waals surface area contributed by atoms with Crippen molar-refractivity contribution < 1.29 is 4.79 Å². The molecule has 0 unspecified atom stereocenters. The number of nitrogens with zero attached hydrogens (tertiary/aromatic N) is 4. The average Bonchev–Trinajstić information content (AvgIpc) is 3.41. The zero-order valence-electron chi connectivity index (χ0n) is 13.5. The lowest BCUT2D eigenvalue weighted by Crippen LogP contribution is -2.14. The van der Waals surface area contributed by atoms with Crippen LogP contribution in [0.5, 0.6) is 0 Å².